The number of hydrogen-bond acceptors (Lipinski definition) is 4. The van der Waals surface area contributed by atoms with Gasteiger partial charge >= 0.3 is 0 Å². The molecule has 3 heterocycles. The molecule has 0 spiro atoms. The van der Waals surface area contributed by atoms with Gasteiger partial charge in [0, 0.05) is 6.54 Å². The fourth-order valence-corrected chi connectivity index (χ4v) is 3.09. The SMILES string of the molecule is C[C@H]1OCCN[C@@H]1C(=O)NC1CC2CCC1O2.Cl. The molecule has 5 nitrogen and oxygen atoms in total. The lowest BCUT2D eigenvalue weighted by Gasteiger charge is -2.31. The summed E-state index contributed by atoms with van der Waals surface area (Å²) in [6, 6.07) is -0.0138. The number of carbonyl (C=O) groups excluding carboxylic acids is 1. The summed E-state index contributed by atoms with van der Waals surface area (Å²) < 4.78 is 11.2. The summed E-state index contributed by atoms with van der Waals surface area (Å²) >= 11 is 0. The molecule has 3 aliphatic heterocycles. The molecule has 3 aliphatic rings. The summed E-state index contributed by atoms with van der Waals surface area (Å²) in [5.74, 6) is 0.0540. The van der Waals surface area contributed by atoms with Crippen LogP contribution in [0, 0.1) is 0 Å². The van der Waals surface area contributed by atoms with E-state index in [1.807, 2.05) is 6.92 Å². The summed E-state index contributed by atoms with van der Waals surface area (Å²) in [4.78, 5) is 12.1. The Hall–Kier alpha value is -0.360. The van der Waals surface area contributed by atoms with Crippen molar-refractivity contribution in [1.29, 1.82) is 0 Å². The van der Waals surface area contributed by atoms with E-state index in [2.05, 4.69) is 10.6 Å². The average Bonchev–Trinajstić information content (AvgIpc) is 2.91. The number of nitrogens with one attached hydrogen (secondary N) is 2. The minimum Gasteiger partial charge on any atom is -0.375 e. The predicted octanol–water partition coefficient (Wildman–Crippen LogP) is 0.221. The first-order valence-corrected chi connectivity index (χ1v) is 6.55. The summed E-state index contributed by atoms with van der Waals surface area (Å²) in [6.45, 7) is 3.37. The molecule has 2 bridgehead atoms. The number of amides is 1. The van der Waals surface area contributed by atoms with Crippen LogP contribution in [0.15, 0.2) is 0 Å². The number of carbonyl (C=O) groups is 1. The highest BCUT2D eigenvalue weighted by Gasteiger charge is 2.42. The maximum atomic E-state index is 12.1. The topological polar surface area (TPSA) is 59.6 Å². The lowest BCUT2D eigenvalue weighted by Crippen LogP contribution is -2.58. The second-order valence-electron chi connectivity index (χ2n) is 5.23. The highest BCUT2D eigenvalue weighted by atomic mass is 35.5. The lowest BCUT2D eigenvalue weighted by molar-refractivity contribution is -0.130. The van der Waals surface area contributed by atoms with E-state index < -0.39 is 0 Å². The van der Waals surface area contributed by atoms with Crippen molar-refractivity contribution in [3.63, 3.8) is 0 Å². The molecule has 0 aromatic carbocycles. The van der Waals surface area contributed by atoms with Gasteiger partial charge in [-0.15, -0.1) is 12.4 Å². The van der Waals surface area contributed by atoms with Gasteiger partial charge < -0.3 is 20.1 Å². The molecule has 3 unspecified atom stereocenters. The molecule has 5 atom stereocenters. The van der Waals surface area contributed by atoms with Gasteiger partial charge in [-0.1, -0.05) is 0 Å². The third-order valence-electron chi connectivity index (χ3n) is 4.03. The second-order valence-corrected chi connectivity index (χ2v) is 5.23. The third-order valence-corrected chi connectivity index (χ3v) is 4.03. The Bertz CT molecular complexity index is 316. The van der Waals surface area contributed by atoms with Crippen molar-refractivity contribution in [2.75, 3.05) is 13.2 Å². The smallest absolute Gasteiger partial charge is 0.240 e. The van der Waals surface area contributed by atoms with Crippen molar-refractivity contribution in [1.82, 2.24) is 10.6 Å². The number of morpholine rings is 1. The van der Waals surface area contributed by atoms with Crippen molar-refractivity contribution >= 4 is 18.3 Å². The molecule has 3 fully saturated rings. The van der Waals surface area contributed by atoms with Gasteiger partial charge in [0.25, 0.3) is 0 Å². The predicted molar refractivity (Wildman–Crippen MR) is 68.9 cm³/mol. The summed E-state index contributed by atoms with van der Waals surface area (Å²) in [5.41, 5.74) is 0. The maximum Gasteiger partial charge on any atom is 0.240 e. The lowest BCUT2D eigenvalue weighted by atomic mass is 9.95. The first kappa shape index (κ1) is 14.1. The van der Waals surface area contributed by atoms with Crippen molar-refractivity contribution in [3.8, 4) is 0 Å². The normalized spacial score (nSPS) is 42.4. The third kappa shape index (κ3) is 2.64. The molecular weight excluding hydrogens is 256 g/mol. The first-order valence-electron chi connectivity index (χ1n) is 6.55. The van der Waals surface area contributed by atoms with E-state index in [-0.39, 0.29) is 42.6 Å². The van der Waals surface area contributed by atoms with Crippen LogP contribution in [0.3, 0.4) is 0 Å². The van der Waals surface area contributed by atoms with Crippen LogP contribution in [0.4, 0.5) is 0 Å². The van der Waals surface area contributed by atoms with E-state index in [0.717, 1.165) is 25.8 Å². The van der Waals surface area contributed by atoms with Crippen molar-refractivity contribution in [2.45, 2.75) is 56.6 Å². The molecule has 0 aliphatic carbocycles. The highest BCUT2D eigenvalue weighted by Crippen LogP contribution is 2.34. The molecule has 3 saturated heterocycles. The molecule has 0 aromatic rings. The highest BCUT2D eigenvalue weighted by molar-refractivity contribution is 5.85. The van der Waals surface area contributed by atoms with Gasteiger partial charge in [-0.3, -0.25) is 4.79 Å². The zero-order valence-corrected chi connectivity index (χ0v) is 11.4. The van der Waals surface area contributed by atoms with Gasteiger partial charge in [-0.25, -0.2) is 0 Å². The maximum absolute atomic E-state index is 12.1. The fraction of sp³-hybridized carbons (Fsp3) is 0.917. The van der Waals surface area contributed by atoms with Crippen LogP contribution in [0.1, 0.15) is 26.2 Å². The summed E-state index contributed by atoms with van der Waals surface area (Å²) in [5, 5.41) is 6.31. The quantitative estimate of drug-likeness (QED) is 0.758. The van der Waals surface area contributed by atoms with Crippen LogP contribution in [0.5, 0.6) is 0 Å². The number of fused-ring (bicyclic) bond motifs is 2. The Morgan fingerprint density at radius 2 is 2.22 bits per heavy atom. The molecule has 0 saturated carbocycles. The average molecular weight is 277 g/mol. The van der Waals surface area contributed by atoms with Crippen molar-refractivity contribution in [2.24, 2.45) is 0 Å². The Labute approximate surface area is 113 Å². The van der Waals surface area contributed by atoms with Gasteiger partial charge in [0.05, 0.1) is 31.0 Å². The Balaban J connectivity index is 0.00000120. The molecule has 18 heavy (non-hydrogen) atoms. The van der Waals surface area contributed by atoms with Crippen LogP contribution in [0.25, 0.3) is 0 Å². The van der Waals surface area contributed by atoms with E-state index in [4.69, 9.17) is 9.47 Å². The zero-order valence-electron chi connectivity index (χ0n) is 10.6. The first-order chi connectivity index (χ1) is 8.24. The fourth-order valence-electron chi connectivity index (χ4n) is 3.09. The van der Waals surface area contributed by atoms with E-state index in [1.165, 1.54) is 0 Å². The molecule has 2 N–H and O–H groups in total. The van der Waals surface area contributed by atoms with Gasteiger partial charge in [-0.05, 0) is 26.2 Å². The molecule has 1 amide bonds. The monoisotopic (exact) mass is 276 g/mol. The molecule has 6 heteroatoms. The minimum absolute atomic E-state index is 0. The number of ether oxygens (including phenoxy) is 2. The number of halogens is 1. The van der Waals surface area contributed by atoms with Gasteiger partial charge in [-0.2, -0.15) is 0 Å². The van der Waals surface area contributed by atoms with Crippen molar-refractivity contribution < 1.29 is 14.3 Å². The van der Waals surface area contributed by atoms with E-state index in [1.54, 1.807) is 0 Å². The van der Waals surface area contributed by atoms with E-state index >= 15 is 0 Å². The van der Waals surface area contributed by atoms with Crippen LogP contribution in [-0.4, -0.2) is 49.5 Å². The summed E-state index contributed by atoms with van der Waals surface area (Å²) in [6.07, 6.45) is 3.77. The molecular formula is C12H21ClN2O3. The van der Waals surface area contributed by atoms with Gasteiger partial charge in [0.1, 0.15) is 6.04 Å². The molecule has 104 valence electrons. The van der Waals surface area contributed by atoms with Gasteiger partial charge in [0.15, 0.2) is 0 Å². The standard InChI is InChI=1S/C12H20N2O3.ClH/c1-7-11(13-4-5-16-7)12(15)14-9-6-8-2-3-10(9)17-8;/h7-11,13H,2-6H2,1H3,(H,14,15);1H/t7-,8?,9?,10?,11+;/m1./s1. The minimum atomic E-state index is -0.220. The molecule has 0 radical (unpaired) electrons. The Morgan fingerprint density at radius 1 is 1.39 bits per heavy atom. The van der Waals surface area contributed by atoms with Crippen LogP contribution < -0.4 is 10.6 Å². The van der Waals surface area contributed by atoms with Crippen LogP contribution in [0.2, 0.25) is 0 Å². The number of rotatable bonds is 2. The van der Waals surface area contributed by atoms with E-state index in [0.29, 0.717) is 12.7 Å². The molecule has 0 aromatic heterocycles. The zero-order chi connectivity index (χ0) is 11.8. The van der Waals surface area contributed by atoms with Crippen LogP contribution >= 0.6 is 12.4 Å². The van der Waals surface area contributed by atoms with Crippen molar-refractivity contribution in [3.05, 3.63) is 0 Å². The van der Waals surface area contributed by atoms with E-state index in [9.17, 15) is 4.79 Å². The number of hydrogen-bond donors (Lipinski definition) is 2. The van der Waals surface area contributed by atoms with Gasteiger partial charge in [0.2, 0.25) is 5.91 Å². The largest absolute Gasteiger partial charge is 0.375 e. The Kier molecular flexibility index (Phi) is 4.48. The van der Waals surface area contributed by atoms with Crippen LogP contribution in [-0.2, 0) is 14.3 Å². The second kappa shape index (κ2) is 5.74. The Morgan fingerprint density at radius 3 is 2.83 bits per heavy atom. The molecule has 3 rings (SSSR count). The summed E-state index contributed by atoms with van der Waals surface area (Å²) in [7, 11) is 0.